The summed E-state index contributed by atoms with van der Waals surface area (Å²) < 4.78 is 0. The molecule has 2 unspecified atom stereocenters. The van der Waals surface area contributed by atoms with Gasteiger partial charge in [-0.3, -0.25) is 0 Å². The van der Waals surface area contributed by atoms with Crippen LogP contribution in [0.1, 0.15) is 114 Å². The number of hydrogen-bond acceptors (Lipinski definition) is 0. The summed E-state index contributed by atoms with van der Waals surface area (Å²) in [5.74, 6) is 1.20. The maximum atomic E-state index is 2.60. The van der Waals surface area contributed by atoms with Crippen LogP contribution in [0.3, 0.4) is 0 Å². The molecule has 294 valence electrons. The Labute approximate surface area is 350 Å². The zero-order valence-corrected chi connectivity index (χ0v) is 38.8. The average molecular weight is 811 g/mol. The van der Waals surface area contributed by atoms with Crippen molar-refractivity contribution in [3.05, 3.63) is 162 Å². The van der Waals surface area contributed by atoms with E-state index in [9.17, 15) is 0 Å². The number of benzene rings is 5. The summed E-state index contributed by atoms with van der Waals surface area (Å²) >= 11 is 0. The van der Waals surface area contributed by atoms with E-state index in [0.717, 1.165) is 0 Å². The Morgan fingerprint density at radius 1 is 0.455 bits per heavy atom. The molecule has 55 heavy (non-hydrogen) atoms. The largest absolute Gasteiger partial charge is 2.00 e. The molecule has 2 fully saturated rings. The average Bonchev–Trinajstić information content (AvgIpc) is 3.80. The van der Waals surface area contributed by atoms with Crippen LogP contribution in [-0.4, -0.2) is 5.66 Å². The van der Waals surface area contributed by atoms with Crippen molar-refractivity contribution in [3.8, 4) is 0 Å². The molecule has 0 N–H and O–H groups in total. The molecule has 0 amide bonds. The van der Waals surface area contributed by atoms with Gasteiger partial charge < -0.3 is 14.9 Å². The molecule has 7 rings (SSSR count). The van der Waals surface area contributed by atoms with Gasteiger partial charge >= 0.3 is 17.1 Å². The van der Waals surface area contributed by atoms with E-state index in [1.807, 2.05) is 0 Å². The fourth-order valence-corrected chi connectivity index (χ4v) is 15.7. The molecule has 0 heterocycles. The second kappa shape index (κ2) is 21.3. The van der Waals surface area contributed by atoms with E-state index in [0.29, 0.717) is 17.5 Å². The third kappa shape index (κ3) is 11.8. The second-order valence-corrected chi connectivity index (χ2v) is 21.1. The maximum absolute atomic E-state index is 2.60. The van der Waals surface area contributed by atoms with E-state index in [1.54, 1.807) is 21.5 Å². The third-order valence-corrected chi connectivity index (χ3v) is 16.6. The smallest absolute Gasteiger partial charge is 0.358 e. The Kier molecular flexibility index (Phi) is 18.1. The predicted octanol–water partition coefficient (Wildman–Crippen LogP) is 13.2. The standard InChI is InChI=1S/C45H52P2.C5H10.2CH3.Fe/c1-29-17-30(2)22-38(21-29)46(39-23-31(3)18-32(4)24-39)37(9)42-14-12-15-43(42)44-13-10-11-16-45(44)47(40-25-33(5)19-34(6)26-40)41-27-35(7)20-36(8)28-41;1-2-4-5-3-1;;;/h10-11,13,16-28,37,42-43H,12,14-15H2,1-9H3;1-5H2;2*1H3;/q;;2*-1;+2/t37-,42?,43?;;;;/m1..../s1. The molecule has 2 aliphatic carbocycles. The van der Waals surface area contributed by atoms with Crippen molar-refractivity contribution >= 4 is 42.4 Å². The van der Waals surface area contributed by atoms with Gasteiger partial charge in [-0.15, -0.1) is 0 Å². The van der Waals surface area contributed by atoms with Crippen LogP contribution in [0.15, 0.2) is 97.1 Å². The zero-order chi connectivity index (χ0) is 36.9. The van der Waals surface area contributed by atoms with Gasteiger partial charge in [-0.1, -0.05) is 187 Å². The van der Waals surface area contributed by atoms with Gasteiger partial charge in [0.25, 0.3) is 0 Å². The van der Waals surface area contributed by atoms with E-state index in [4.69, 9.17) is 0 Å². The Balaban J connectivity index is 0.000000940. The molecular formula is C52H68FeP2. The first-order valence-corrected chi connectivity index (χ1v) is 22.7. The Morgan fingerprint density at radius 2 is 0.800 bits per heavy atom. The first kappa shape index (κ1) is 46.9. The summed E-state index contributed by atoms with van der Waals surface area (Å²) in [4.78, 5) is 0. The van der Waals surface area contributed by atoms with Gasteiger partial charge in [-0.25, -0.2) is 0 Å². The predicted molar refractivity (Wildman–Crippen MR) is 248 cm³/mol. The topological polar surface area (TPSA) is 0 Å². The van der Waals surface area contributed by atoms with Crippen LogP contribution in [0.4, 0.5) is 0 Å². The van der Waals surface area contributed by atoms with Crippen LogP contribution in [0.5, 0.6) is 0 Å². The van der Waals surface area contributed by atoms with Crippen LogP contribution < -0.4 is 26.5 Å². The van der Waals surface area contributed by atoms with Crippen molar-refractivity contribution in [2.45, 2.75) is 125 Å². The van der Waals surface area contributed by atoms with Gasteiger partial charge in [0.15, 0.2) is 0 Å². The Hall–Kier alpha value is -2.52. The molecule has 5 aromatic carbocycles. The molecule has 0 radical (unpaired) electrons. The van der Waals surface area contributed by atoms with Crippen molar-refractivity contribution in [2.75, 3.05) is 0 Å². The minimum absolute atomic E-state index is 0. The van der Waals surface area contributed by atoms with Crippen LogP contribution in [-0.2, 0) is 17.1 Å². The van der Waals surface area contributed by atoms with Crippen LogP contribution in [0.25, 0.3) is 0 Å². The number of rotatable bonds is 8. The van der Waals surface area contributed by atoms with Crippen molar-refractivity contribution in [1.82, 2.24) is 0 Å². The first-order chi connectivity index (χ1) is 25.0. The minimum atomic E-state index is -0.701. The van der Waals surface area contributed by atoms with Gasteiger partial charge in [0.05, 0.1) is 0 Å². The van der Waals surface area contributed by atoms with E-state index in [1.165, 1.54) is 106 Å². The molecular weight excluding hydrogens is 742 g/mol. The molecule has 0 saturated heterocycles. The van der Waals surface area contributed by atoms with Crippen LogP contribution in [0, 0.1) is 76.2 Å². The normalized spacial score (nSPS) is 16.8. The van der Waals surface area contributed by atoms with E-state index in [2.05, 4.69) is 159 Å². The summed E-state index contributed by atoms with van der Waals surface area (Å²) in [7, 11) is -1.23. The van der Waals surface area contributed by atoms with Crippen LogP contribution in [0.2, 0.25) is 0 Å². The molecule has 2 aliphatic rings. The molecule has 0 bridgehead atoms. The van der Waals surface area contributed by atoms with Gasteiger partial charge in [0.2, 0.25) is 0 Å². The van der Waals surface area contributed by atoms with E-state index >= 15 is 0 Å². The fourth-order valence-electron chi connectivity index (χ4n) is 9.42. The molecule has 3 atom stereocenters. The summed E-state index contributed by atoms with van der Waals surface area (Å²) in [6.45, 7) is 20.7. The summed E-state index contributed by atoms with van der Waals surface area (Å²) in [6.07, 6.45) is 11.4. The molecule has 5 aromatic rings. The third-order valence-electron chi connectivity index (χ3n) is 11.3. The second-order valence-electron chi connectivity index (χ2n) is 16.4. The zero-order valence-electron chi connectivity index (χ0n) is 35.9. The van der Waals surface area contributed by atoms with Gasteiger partial charge in [0, 0.05) is 0 Å². The van der Waals surface area contributed by atoms with Gasteiger partial charge in [-0.05, 0) is 134 Å². The van der Waals surface area contributed by atoms with Gasteiger partial charge in [-0.2, -0.15) is 0 Å². The first-order valence-electron chi connectivity index (χ1n) is 20.0. The Morgan fingerprint density at radius 3 is 1.18 bits per heavy atom. The van der Waals surface area contributed by atoms with E-state index in [-0.39, 0.29) is 31.9 Å². The Bertz CT molecular complexity index is 1800. The fraction of sp³-hybridized carbons (Fsp3) is 0.385. The minimum Gasteiger partial charge on any atom is -0.358 e. The van der Waals surface area contributed by atoms with Crippen molar-refractivity contribution in [3.63, 3.8) is 0 Å². The van der Waals surface area contributed by atoms with Crippen molar-refractivity contribution < 1.29 is 17.1 Å². The van der Waals surface area contributed by atoms with Crippen LogP contribution >= 0.6 is 15.8 Å². The molecule has 0 spiro atoms. The monoisotopic (exact) mass is 810 g/mol. The molecule has 0 nitrogen and oxygen atoms in total. The number of hydrogen-bond donors (Lipinski definition) is 0. The molecule has 0 aliphatic heterocycles. The van der Waals surface area contributed by atoms with Gasteiger partial charge in [0.1, 0.15) is 0 Å². The maximum Gasteiger partial charge on any atom is 2.00 e. The van der Waals surface area contributed by atoms with Crippen molar-refractivity contribution in [1.29, 1.82) is 0 Å². The summed E-state index contributed by atoms with van der Waals surface area (Å²) in [6, 6.07) is 38.7. The van der Waals surface area contributed by atoms with Crippen molar-refractivity contribution in [2.24, 2.45) is 5.92 Å². The quantitative estimate of drug-likeness (QED) is 0.0832. The summed E-state index contributed by atoms with van der Waals surface area (Å²) in [5.41, 5.74) is 13.1. The molecule has 2 saturated carbocycles. The number of aryl methyl sites for hydroxylation is 8. The summed E-state index contributed by atoms with van der Waals surface area (Å²) in [5, 5.41) is 7.60. The molecule has 0 aromatic heterocycles. The molecule has 3 heteroatoms. The van der Waals surface area contributed by atoms with E-state index < -0.39 is 15.8 Å². The SMILES string of the molecule is C1CCCC1.Cc1cc(C)cc(P(c2cc(C)cc(C)c2)c2ccccc2C2CCCC2[C@@H](C)P(c2cc(C)cc(C)c2)c2cc(C)cc(C)c2)c1.[CH3-].[CH3-].[Fe+2].